The van der Waals surface area contributed by atoms with Gasteiger partial charge in [0.2, 0.25) is 0 Å². The van der Waals surface area contributed by atoms with Crippen molar-refractivity contribution < 1.29 is 4.79 Å². The maximum absolute atomic E-state index is 11.3. The molecule has 0 aliphatic rings. The van der Waals surface area contributed by atoms with Gasteiger partial charge in [0.25, 0.3) is 0 Å². The Morgan fingerprint density at radius 1 is 1.64 bits per heavy atom. The van der Waals surface area contributed by atoms with E-state index in [9.17, 15) is 4.79 Å². The van der Waals surface area contributed by atoms with Crippen LogP contribution in [-0.2, 0) is 4.79 Å². The van der Waals surface area contributed by atoms with Crippen molar-refractivity contribution in [3.8, 4) is 6.07 Å². The summed E-state index contributed by atoms with van der Waals surface area (Å²) in [5, 5.41) is 9.55. The Hall–Kier alpha value is -0.850. The molecule has 0 heterocycles. The van der Waals surface area contributed by atoms with Gasteiger partial charge in [-0.25, -0.2) is 0 Å². The standard InChI is InChI=1S/C10H7BrClNO/c11-5-10(14)9(6-13)7-2-1-3-8(12)4-7/h1-4,9H,5H2. The maximum Gasteiger partial charge on any atom is 0.164 e. The maximum atomic E-state index is 11.3. The summed E-state index contributed by atoms with van der Waals surface area (Å²) in [5.74, 6) is -0.886. The van der Waals surface area contributed by atoms with Crippen LogP contribution in [0.25, 0.3) is 0 Å². The van der Waals surface area contributed by atoms with E-state index >= 15 is 0 Å². The van der Waals surface area contributed by atoms with Crippen LogP contribution in [0.4, 0.5) is 0 Å². The van der Waals surface area contributed by atoms with Crippen molar-refractivity contribution in [2.75, 3.05) is 5.33 Å². The zero-order valence-electron chi connectivity index (χ0n) is 7.21. The van der Waals surface area contributed by atoms with Gasteiger partial charge < -0.3 is 0 Å². The van der Waals surface area contributed by atoms with E-state index in [1.54, 1.807) is 24.3 Å². The number of rotatable bonds is 3. The van der Waals surface area contributed by atoms with Crippen molar-refractivity contribution >= 4 is 33.3 Å². The summed E-state index contributed by atoms with van der Waals surface area (Å²) in [4.78, 5) is 11.3. The summed E-state index contributed by atoms with van der Waals surface area (Å²) in [6.07, 6.45) is 0. The zero-order valence-corrected chi connectivity index (χ0v) is 9.55. The number of benzene rings is 1. The molecule has 1 aromatic rings. The Morgan fingerprint density at radius 3 is 2.86 bits per heavy atom. The molecule has 72 valence electrons. The number of hydrogen-bond acceptors (Lipinski definition) is 2. The van der Waals surface area contributed by atoms with Crippen molar-refractivity contribution in [3.05, 3.63) is 34.9 Å². The van der Waals surface area contributed by atoms with Gasteiger partial charge in [-0.05, 0) is 17.7 Å². The number of hydrogen-bond donors (Lipinski definition) is 0. The van der Waals surface area contributed by atoms with E-state index in [4.69, 9.17) is 16.9 Å². The smallest absolute Gasteiger partial charge is 0.164 e. The van der Waals surface area contributed by atoms with Crippen LogP contribution < -0.4 is 0 Å². The van der Waals surface area contributed by atoms with E-state index in [2.05, 4.69) is 15.9 Å². The summed E-state index contributed by atoms with van der Waals surface area (Å²) in [5.41, 5.74) is 0.643. The highest BCUT2D eigenvalue weighted by Gasteiger charge is 2.18. The molecule has 1 aromatic carbocycles. The molecule has 0 radical (unpaired) electrons. The Bertz CT molecular complexity index is 386. The second-order valence-corrected chi connectivity index (χ2v) is 3.71. The minimum atomic E-state index is -0.729. The number of nitriles is 1. The van der Waals surface area contributed by atoms with Gasteiger partial charge in [0, 0.05) is 5.02 Å². The van der Waals surface area contributed by atoms with Crippen molar-refractivity contribution in [2.24, 2.45) is 0 Å². The fraction of sp³-hybridized carbons (Fsp3) is 0.200. The lowest BCUT2D eigenvalue weighted by Crippen LogP contribution is -2.11. The molecule has 0 spiro atoms. The van der Waals surface area contributed by atoms with Gasteiger partial charge >= 0.3 is 0 Å². The van der Waals surface area contributed by atoms with Crippen molar-refractivity contribution in [1.82, 2.24) is 0 Å². The third kappa shape index (κ3) is 2.57. The minimum Gasteiger partial charge on any atom is -0.297 e. The molecule has 0 bridgehead atoms. The number of carbonyl (C=O) groups excluding carboxylic acids is 1. The van der Waals surface area contributed by atoms with E-state index in [1.807, 2.05) is 6.07 Å². The topological polar surface area (TPSA) is 40.9 Å². The molecule has 1 atom stereocenters. The summed E-state index contributed by atoms with van der Waals surface area (Å²) in [6, 6.07) is 8.75. The third-order valence-corrected chi connectivity index (χ3v) is 2.55. The van der Waals surface area contributed by atoms with Crippen LogP contribution in [0.5, 0.6) is 0 Å². The molecule has 1 rings (SSSR count). The lowest BCUT2D eigenvalue weighted by Gasteiger charge is -2.06. The first-order chi connectivity index (χ1) is 6.69. The molecule has 0 N–H and O–H groups in total. The molecule has 0 saturated carbocycles. The predicted octanol–water partition coefficient (Wildman–Crippen LogP) is 2.91. The fourth-order valence-corrected chi connectivity index (χ4v) is 1.62. The lowest BCUT2D eigenvalue weighted by atomic mass is 9.97. The van der Waals surface area contributed by atoms with Crippen molar-refractivity contribution in [3.63, 3.8) is 0 Å². The number of halogens is 2. The zero-order chi connectivity index (χ0) is 10.6. The highest BCUT2D eigenvalue weighted by molar-refractivity contribution is 9.09. The lowest BCUT2D eigenvalue weighted by molar-refractivity contribution is -0.116. The largest absolute Gasteiger partial charge is 0.297 e. The van der Waals surface area contributed by atoms with Crippen LogP contribution in [0, 0.1) is 11.3 Å². The summed E-state index contributed by atoms with van der Waals surface area (Å²) >= 11 is 8.80. The summed E-state index contributed by atoms with van der Waals surface area (Å²) in [7, 11) is 0. The van der Waals surface area contributed by atoms with Gasteiger partial charge in [-0.2, -0.15) is 5.26 Å². The number of alkyl halides is 1. The molecule has 0 aliphatic heterocycles. The Balaban J connectivity index is 3.02. The molecule has 2 nitrogen and oxygen atoms in total. The predicted molar refractivity (Wildman–Crippen MR) is 58.6 cm³/mol. The van der Waals surface area contributed by atoms with Gasteiger partial charge in [-0.3, -0.25) is 4.79 Å². The Kier molecular flexibility index (Phi) is 4.12. The van der Waals surface area contributed by atoms with Crippen molar-refractivity contribution in [2.45, 2.75) is 5.92 Å². The number of Topliss-reactive ketones (excluding diaryl/α,β-unsaturated/α-hetero) is 1. The number of carbonyl (C=O) groups is 1. The van der Waals surface area contributed by atoms with Gasteiger partial charge in [-0.15, -0.1) is 0 Å². The van der Waals surface area contributed by atoms with E-state index in [0.29, 0.717) is 10.6 Å². The number of ketones is 1. The van der Waals surface area contributed by atoms with E-state index < -0.39 is 5.92 Å². The molecule has 4 heteroatoms. The van der Waals surface area contributed by atoms with Crippen LogP contribution in [-0.4, -0.2) is 11.1 Å². The molecule has 1 unspecified atom stereocenters. The molecule has 0 aromatic heterocycles. The second kappa shape index (κ2) is 5.14. The van der Waals surface area contributed by atoms with E-state index in [0.717, 1.165) is 0 Å². The van der Waals surface area contributed by atoms with E-state index in [-0.39, 0.29) is 11.1 Å². The first-order valence-corrected chi connectivity index (χ1v) is 5.42. The SMILES string of the molecule is N#CC(C(=O)CBr)c1cccc(Cl)c1. The molecule has 14 heavy (non-hydrogen) atoms. The molecule has 0 amide bonds. The fourth-order valence-electron chi connectivity index (χ4n) is 1.10. The van der Waals surface area contributed by atoms with Crippen LogP contribution in [0.1, 0.15) is 11.5 Å². The summed E-state index contributed by atoms with van der Waals surface area (Å²) in [6.45, 7) is 0. The van der Waals surface area contributed by atoms with Crippen LogP contribution in [0.2, 0.25) is 5.02 Å². The normalized spacial score (nSPS) is 11.8. The van der Waals surface area contributed by atoms with E-state index in [1.165, 1.54) is 0 Å². The second-order valence-electron chi connectivity index (χ2n) is 2.72. The van der Waals surface area contributed by atoms with Gasteiger partial charge in [0.1, 0.15) is 5.92 Å². The molecule has 0 fully saturated rings. The van der Waals surface area contributed by atoms with Crippen LogP contribution >= 0.6 is 27.5 Å². The van der Waals surface area contributed by atoms with Gasteiger partial charge in [0.05, 0.1) is 11.4 Å². The third-order valence-electron chi connectivity index (χ3n) is 1.76. The van der Waals surface area contributed by atoms with Gasteiger partial charge in [0.15, 0.2) is 5.78 Å². The molecule has 0 aliphatic carbocycles. The monoisotopic (exact) mass is 271 g/mol. The van der Waals surface area contributed by atoms with Crippen LogP contribution in [0.15, 0.2) is 24.3 Å². The average molecular weight is 273 g/mol. The quantitative estimate of drug-likeness (QED) is 0.794. The van der Waals surface area contributed by atoms with Crippen LogP contribution in [0.3, 0.4) is 0 Å². The average Bonchev–Trinajstić information content (AvgIpc) is 2.19. The highest BCUT2D eigenvalue weighted by Crippen LogP contribution is 2.20. The number of nitrogens with zero attached hydrogens (tertiary/aromatic N) is 1. The highest BCUT2D eigenvalue weighted by atomic mass is 79.9. The minimum absolute atomic E-state index is 0.158. The molecular formula is C10H7BrClNO. The first-order valence-electron chi connectivity index (χ1n) is 3.92. The molecule has 0 saturated heterocycles. The first kappa shape index (κ1) is 11.2. The summed E-state index contributed by atoms with van der Waals surface area (Å²) < 4.78 is 0. The van der Waals surface area contributed by atoms with Crippen molar-refractivity contribution in [1.29, 1.82) is 5.26 Å². The molecular weight excluding hydrogens is 265 g/mol. The van der Waals surface area contributed by atoms with Gasteiger partial charge in [-0.1, -0.05) is 39.7 Å². The Morgan fingerprint density at radius 2 is 2.36 bits per heavy atom. The Labute approximate surface area is 95.6 Å².